The quantitative estimate of drug-likeness (QED) is 0.214. The molecule has 3 aromatic rings. The maximum Gasteiger partial charge on any atom is 0.343 e. The molecule has 0 radical (unpaired) electrons. The van der Waals surface area contributed by atoms with Crippen LogP contribution in [0.1, 0.15) is 39.6 Å². The highest BCUT2D eigenvalue weighted by atomic mass is 16.7. The van der Waals surface area contributed by atoms with E-state index in [1.165, 1.54) is 13.3 Å². The van der Waals surface area contributed by atoms with Crippen molar-refractivity contribution < 1.29 is 33.3 Å². The van der Waals surface area contributed by atoms with Crippen molar-refractivity contribution in [2.24, 2.45) is 5.10 Å². The molecule has 35 heavy (non-hydrogen) atoms. The monoisotopic (exact) mass is 476 g/mol. The summed E-state index contributed by atoms with van der Waals surface area (Å²) >= 11 is 0. The molecule has 9 nitrogen and oxygen atoms in total. The Labute approximate surface area is 202 Å². The van der Waals surface area contributed by atoms with Gasteiger partial charge >= 0.3 is 5.97 Å². The predicted molar refractivity (Wildman–Crippen MR) is 128 cm³/mol. The zero-order chi connectivity index (χ0) is 24.6. The number of methoxy groups -OCH3 is 1. The summed E-state index contributed by atoms with van der Waals surface area (Å²) < 4.78 is 26.9. The van der Waals surface area contributed by atoms with E-state index in [0.717, 1.165) is 6.42 Å². The molecule has 0 aliphatic carbocycles. The first-order valence-corrected chi connectivity index (χ1v) is 10.9. The fourth-order valence-electron chi connectivity index (χ4n) is 3.18. The number of benzene rings is 3. The van der Waals surface area contributed by atoms with Gasteiger partial charge in [0.05, 0.1) is 25.5 Å². The van der Waals surface area contributed by atoms with Crippen LogP contribution in [0.3, 0.4) is 0 Å². The average Bonchev–Trinajstić information content (AvgIpc) is 3.36. The van der Waals surface area contributed by atoms with E-state index >= 15 is 0 Å². The molecular weight excluding hydrogens is 452 g/mol. The van der Waals surface area contributed by atoms with E-state index in [1.807, 2.05) is 6.92 Å². The van der Waals surface area contributed by atoms with Crippen LogP contribution in [-0.4, -0.2) is 38.6 Å². The van der Waals surface area contributed by atoms with Gasteiger partial charge in [0.15, 0.2) is 23.0 Å². The van der Waals surface area contributed by atoms with Crippen molar-refractivity contribution >= 4 is 18.1 Å². The van der Waals surface area contributed by atoms with Crippen LogP contribution in [0.5, 0.6) is 28.7 Å². The van der Waals surface area contributed by atoms with E-state index < -0.39 is 11.9 Å². The van der Waals surface area contributed by atoms with E-state index in [1.54, 1.807) is 60.7 Å². The lowest BCUT2D eigenvalue weighted by Gasteiger charge is -2.10. The number of fused-ring (bicyclic) bond motifs is 1. The summed E-state index contributed by atoms with van der Waals surface area (Å²) in [7, 11) is 1.47. The number of carbonyl (C=O) groups is 2. The highest BCUT2D eigenvalue weighted by molar-refractivity contribution is 5.95. The Morgan fingerprint density at radius 3 is 2.51 bits per heavy atom. The minimum atomic E-state index is -0.525. The van der Waals surface area contributed by atoms with E-state index in [0.29, 0.717) is 46.3 Å². The number of ether oxygens (including phenoxy) is 5. The van der Waals surface area contributed by atoms with Gasteiger partial charge in [-0.05, 0) is 72.6 Å². The summed E-state index contributed by atoms with van der Waals surface area (Å²) in [5.74, 6) is 1.46. The number of hydrogen-bond donors (Lipinski definition) is 1. The number of hydrazone groups is 1. The first-order chi connectivity index (χ1) is 17.1. The third kappa shape index (κ3) is 5.89. The first kappa shape index (κ1) is 23.6. The van der Waals surface area contributed by atoms with Gasteiger partial charge in [0.25, 0.3) is 5.91 Å². The zero-order valence-electron chi connectivity index (χ0n) is 19.3. The number of carbonyl (C=O) groups excluding carboxylic acids is 2. The maximum atomic E-state index is 12.5. The largest absolute Gasteiger partial charge is 0.494 e. The van der Waals surface area contributed by atoms with Crippen LogP contribution in [0.15, 0.2) is 65.8 Å². The Morgan fingerprint density at radius 1 is 0.971 bits per heavy atom. The van der Waals surface area contributed by atoms with Crippen LogP contribution in [0, 0.1) is 0 Å². The molecule has 0 fully saturated rings. The first-order valence-electron chi connectivity index (χ1n) is 10.9. The standard InChI is InChI=1S/C26H24N2O7/c1-3-12-32-20-8-5-18(6-9-20)26(30)35-22-10-4-17(13-23(22)31-2)15-27-28-25(29)19-7-11-21-24(14-19)34-16-33-21/h4-11,13-15H,3,12,16H2,1-2H3,(H,28,29). The van der Waals surface area contributed by atoms with Crippen molar-refractivity contribution in [3.8, 4) is 28.7 Å². The van der Waals surface area contributed by atoms with E-state index in [-0.39, 0.29) is 12.5 Å². The lowest BCUT2D eigenvalue weighted by atomic mass is 10.2. The number of nitrogens with zero attached hydrogens (tertiary/aromatic N) is 1. The minimum Gasteiger partial charge on any atom is -0.494 e. The summed E-state index contributed by atoms with van der Waals surface area (Å²) in [5.41, 5.74) is 3.86. The highest BCUT2D eigenvalue weighted by Crippen LogP contribution is 2.32. The number of hydrogen-bond acceptors (Lipinski definition) is 8. The molecule has 1 aliphatic heterocycles. The normalized spacial score (nSPS) is 11.8. The van der Waals surface area contributed by atoms with Gasteiger partial charge in [-0.25, -0.2) is 10.2 Å². The van der Waals surface area contributed by atoms with Gasteiger partial charge < -0.3 is 23.7 Å². The fourth-order valence-corrected chi connectivity index (χ4v) is 3.18. The van der Waals surface area contributed by atoms with Gasteiger partial charge in [0, 0.05) is 5.56 Å². The second-order valence-electron chi connectivity index (χ2n) is 7.44. The van der Waals surface area contributed by atoms with Crippen LogP contribution >= 0.6 is 0 Å². The van der Waals surface area contributed by atoms with E-state index in [9.17, 15) is 9.59 Å². The van der Waals surface area contributed by atoms with Crippen molar-refractivity contribution in [2.75, 3.05) is 20.5 Å². The summed E-state index contributed by atoms with van der Waals surface area (Å²) in [6, 6.07) is 16.5. The van der Waals surface area contributed by atoms with Crippen molar-refractivity contribution in [1.29, 1.82) is 0 Å². The van der Waals surface area contributed by atoms with Crippen molar-refractivity contribution in [1.82, 2.24) is 5.43 Å². The Bertz CT molecular complexity index is 1240. The third-order valence-electron chi connectivity index (χ3n) is 4.97. The van der Waals surface area contributed by atoms with E-state index in [4.69, 9.17) is 23.7 Å². The third-order valence-corrected chi connectivity index (χ3v) is 4.97. The lowest BCUT2D eigenvalue weighted by Crippen LogP contribution is -2.17. The molecule has 9 heteroatoms. The Balaban J connectivity index is 1.37. The topological polar surface area (TPSA) is 105 Å². The molecule has 0 aromatic heterocycles. The molecule has 3 aromatic carbocycles. The van der Waals surface area contributed by atoms with Gasteiger partial charge in [0.2, 0.25) is 6.79 Å². The second kappa shape index (κ2) is 11.1. The molecule has 180 valence electrons. The van der Waals surface area contributed by atoms with Crippen LogP contribution in [0.25, 0.3) is 0 Å². The zero-order valence-corrected chi connectivity index (χ0v) is 19.3. The van der Waals surface area contributed by atoms with Gasteiger partial charge in [-0.2, -0.15) is 5.10 Å². The van der Waals surface area contributed by atoms with Crippen molar-refractivity contribution in [3.63, 3.8) is 0 Å². The van der Waals surface area contributed by atoms with Crippen LogP contribution in [0.4, 0.5) is 0 Å². The number of esters is 1. The molecule has 1 heterocycles. The van der Waals surface area contributed by atoms with Gasteiger partial charge in [-0.15, -0.1) is 0 Å². The Kier molecular flexibility index (Phi) is 7.47. The molecule has 4 rings (SSSR count). The summed E-state index contributed by atoms with van der Waals surface area (Å²) in [6.45, 7) is 2.76. The smallest absolute Gasteiger partial charge is 0.343 e. The SMILES string of the molecule is CCCOc1ccc(C(=O)Oc2ccc(C=NNC(=O)c3ccc4c(c3)OCO4)cc2OC)cc1. The number of rotatable bonds is 9. The maximum absolute atomic E-state index is 12.5. The molecule has 0 spiro atoms. The molecule has 1 amide bonds. The molecule has 0 atom stereocenters. The Morgan fingerprint density at radius 2 is 1.74 bits per heavy atom. The van der Waals surface area contributed by atoms with Gasteiger partial charge in [-0.3, -0.25) is 4.79 Å². The molecule has 0 saturated carbocycles. The molecule has 1 aliphatic rings. The number of nitrogens with one attached hydrogen (secondary N) is 1. The summed E-state index contributed by atoms with van der Waals surface area (Å²) in [4.78, 5) is 24.9. The molecular formula is C26H24N2O7. The van der Waals surface area contributed by atoms with Gasteiger partial charge in [-0.1, -0.05) is 6.92 Å². The summed E-state index contributed by atoms with van der Waals surface area (Å²) in [5, 5.41) is 3.98. The van der Waals surface area contributed by atoms with Crippen LogP contribution in [0.2, 0.25) is 0 Å². The minimum absolute atomic E-state index is 0.131. The summed E-state index contributed by atoms with van der Waals surface area (Å²) in [6.07, 6.45) is 2.35. The second-order valence-corrected chi connectivity index (χ2v) is 7.44. The predicted octanol–water partition coefficient (Wildman–Crippen LogP) is 4.20. The molecule has 0 saturated heterocycles. The molecule has 1 N–H and O–H groups in total. The van der Waals surface area contributed by atoms with Gasteiger partial charge in [0.1, 0.15) is 5.75 Å². The highest BCUT2D eigenvalue weighted by Gasteiger charge is 2.16. The van der Waals surface area contributed by atoms with Crippen molar-refractivity contribution in [2.45, 2.75) is 13.3 Å². The molecule has 0 bridgehead atoms. The average molecular weight is 476 g/mol. The van der Waals surface area contributed by atoms with Crippen LogP contribution < -0.4 is 29.1 Å². The van der Waals surface area contributed by atoms with Crippen molar-refractivity contribution in [3.05, 3.63) is 77.4 Å². The molecule has 0 unspecified atom stereocenters. The lowest BCUT2D eigenvalue weighted by molar-refractivity contribution is 0.0729. The Hall–Kier alpha value is -4.53. The fraction of sp³-hybridized carbons (Fsp3) is 0.192. The van der Waals surface area contributed by atoms with E-state index in [2.05, 4.69) is 10.5 Å². The number of amides is 1. The van der Waals surface area contributed by atoms with Crippen LogP contribution in [-0.2, 0) is 0 Å².